The van der Waals surface area contributed by atoms with Crippen molar-refractivity contribution < 1.29 is 9.53 Å². The van der Waals surface area contributed by atoms with Crippen LogP contribution in [0.15, 0.2) is 54.6 Å². The number of rotatable bonds is 8. The molecule has 28 heavy (non-hydrogen) atoms. The van der Waals surface area contributed by atoms with Crippen molar-refractivity contribution in [2.75, 3.05) is 50.8 Å². The van der Waals surface area contributed by atoms with E-state index in [9.17, 15) is 4.79 Å². The number of benzene rings is 2. The van der Waals surface area contributed by atoms with Crippen LogP contribution in [0.2, 0.25) is 0 Å². The minimum absolute atomic E-state index is 0.103. The predicted molar refractivity (Wildman–Crippen MR) is 114 cm³/mol. The van der Waals surface area contributed by atoms with Gasteiger partial charge in [-0.05, 0) is 30.5 Å². The van der Waals surface area contributed by atoms with Gasteiger partial charge in [0, 0.05) is 32.7 Å². The second kappa shape index (κ2) is 10.1. The van der Waals surface area contributed by atoms with Gasteiger partial charge >= 0.3 is 0 Å². The van der Waals surface area contributed by atoms with Crippen LogP contribution in [0.1, 0.15) is 25.3 Å². The SMILES string of the molecule is CCOc1ccccc1N1CCN(CC(=O)NC[C@@H](C)c2ccccc2)CC1. The van der Waals surface area contributed by atoms with E-state index < -0.39 is 0 Å². The fourth-order valence-electron chi connectivity index (χ4n) is 3.57. The topological polar surface area (TPSA) is 44.8 Å². The number of hydrogen-bond acceptors (Lipinski definition) is 4. The van der Waals surface area contributed by atoms with Crippen molar-refractivity contribution >= 4 is 11.6 Å². The van der Waals surface area contributed by atoms with Crippen LogP contribution >= 0.6 is 0 Å². The van der Waals surface area contributed by atoms with Gasteiger partial charge in [0.05, 0.1) is 18.8 Å². The van der Waals surface area contributed by atoms with Crippen molar-refractivity contribution in [3.05, 3.63) is 60.2 Å². The maximum atomic E-state index is 12.4. The predicted octanol–water partition coefficient (Wildman–Crippen LogP) is 3.13. The van der Waals surface area contributed by atoms with Gasteiger partial charge in [0.15, 0.2) is 0 Å². The van der Waals surface area contributed by atoms with E-state index in [0.717, 1.165) is 37.6 Å². The van der Waals surface area contributed by atoms with Gasteiger partial charge in [-0.2, -0.15) is 0 Å². The molecule has 0 spiro atoms. The number of ether oxygens (including phenoxy) is 1. The highest BCUT2D eigenvalue weighted by atomic mass is 16.5. The Morgan fingerprint density at radius 2 is 1.71 bits per heavy atom. The Hall–Kier alpha value is -2.53. The molecule has 2 aromatic rings. The zero-order valence-electron chi connectivity index (χ0n) is 16.9. The molecule has 0 aromatic heterocycles. The number of anilines is 1. The minimum Gasteiger partial charge on any atom is -0.492 e. The second-order valence-electron chi connectivity index (χ2n) is 7.28. The third-order valence-electron chi connectivity index (χ3n) is 5.22. The Balaban J connectivity index is 1.43. The summed E-state index contributed by atoms with van der Waals surface area (Å²) < 4.78 is 5.75. The maximum absolute atomic E-state index is 12.4. The van der Waals surface area contributed by atoms with E-state index in [-0.39, 0.29) is 5.91 Å². The molecule has 150 valence electrons. The molecule has 0 aliphatic carbocycles. The molecule has 1 amide bonds. The van der Waals surface area contributed by atoms with Crippen molar-refractivity contribution in [3.8, 4) is 5.75 Å². The highest BCUT2D eigenvalue weighted by Gasteiger charge is 2.21. The summed E-state index contributed by atoms with van der Waals surface area (Å²) in [5.74, 6) is 1.36. The molecule has 0 radical (unpaired) electrons. The monoisotopic (exact) mass is 381 g/mol. The molecule has 2 aromatic carbocycles. The molecule has 1 N–H and O–H groups in total. The molecule has 0 unspecified atom stereocenters. The van der Waals surface area contributed by atoms with Gasteiger partial charge in [-0.25, -0.2) is 0 Å². The number of para-hydroxylation sites is 2. The van der Waals surface area contributed by atoms with Crippen molar-refractivity contribution in [1.29, 1.82) is 0 Å². The van der Waals surface area contributed by atoms with Gasteiger partial charge in [0.25, 0.3) is 0 Å². The number of hydrogen-bond donors (Lipinski definition) is 1. The Morgan fingerprint density at radius 3 is 2.43 bits per heavy atom. The highest BCUT2D eigenvalue weighted by Crippen LogP contribution is 2.28. The van der Waals surface area contributed by atoms with Crippen molar-refractivity contribution in [3.63, 3.8) is 0 Å². The Bertz CT molecular complexity index is 743. The molecule has 5 nitrogen and oxygen atoms in total. The first kappa shape index (κ1) is 20.2. The molecule has 0 saturated carbocycles. The first-order valence-corrected chi connectivity index (χ1v) is 10.2. The van der Waals surface area contributed by atoms with E-state index in [1.54, 1.807) is 0 Å². The minimum atomic E-state index is 0.103. The molecule has 1 fully saturated rings. The van der Waals surface area contributed by atoms with Crippen molar-refractivity contribution in [2.45, 2.75) is 19.8 Å². The summed E-state index contributed by atoms with van der Waals surface area (Å²) in [5, 5.41) is 3.08. The fraction of sp³-hybridized carbons (Fsp3) is 0.435. The van der Waals surface area contributed by atoms with E-state index >= 15 is 0 Å². The smallest absolute Gasteiger partial charge is 0.234 e. The van der Waals surface area contributed by atoms with E-state index in [0.29, 0.717) is 25.6 Å². The largest absolute Gasteiger partial charge is 0.492 e. The lowest BCUT2D eigenvalue weighted by Gasteiger charge is -2.36. The molecule has 0 bridgehead atoms. The maximum Gasteiger partial charge on any atom is 0.234 e. The number of amides is 1. The average molecular weight is 382 g/mol. The Labute approximate surface area is 168 Å². The first-order valence-electron chi connectivity index (χ1n) is 10.2. The lowest BCUT2D eigenvalue weighted by Crippen LogP contribution is -2.49. The van der Waals surface area contributed by atoms with Gasteiger partial charge < -0.3 is 15.0 Å². The second-order valence-corrected chi connectivity index (χ2v) is 7.28. The van der Waals surface area contributed by atoms with Gasteiger partial charge in [0.2, 0.25) is 5.91 Å². The molecule has 1 heterocycles. The van der Waals surface area contributed by atoms with Crippen molar-refractivity contribution in [1.82, 2.24) is 10.2 Å². The van der Waals surface area contributed by atoms with E-state index in [1.165, 1.54) is 5.56 Å². The quantitative estimate of drug-likeness (QED) is 0.763. The summed E-state index contributed by atoms with van der Waals surface area (Å²) in [5.41, 5.74) is 2.40. The molecule has 1 saturated heterocycles. The number of carbonyl (C=O) groups is 1. The van der Waals surface area contributed by atoms with Gasteiger partial charge in [0.1, 0.15) is 5.75 Å². The Morgan fingerprint density at radius 1 is 1.04 bits per heavy atom. The van der Waals surface area contributed by atoms with Crippen LogP contribution in [-0.4, -0.2) is 56.7 Å². The molecular weight excluding hydrogens is 350 g/mol. The Kier molecular flexibility index (Phi) is 7.31. The molecule has 1 aliphatic heterocycles. The van der Waals surface area contributed by atoms with Crippen LogP contribution in [-0.2, 0) is 4.79 Å². The zero-order chi connectivity index (χ0) is 19.8. The number of nitrogens with zero attached hydrogens (tertiary/aromatic N) is 2. The third kappa shape index (κ3) is 5.49. The first-order chi connectivity index (χ1) is 13.7. The molecular formula is C23H31N3O2. The van der Waals surface area contributed by atoms with Gasteiger partial charge in [-0.1, -0.05) is 49.4 Å². The summed E-state index contributed by atoms with van der Waals surface area (Å²) in [4.78, 5) is 16.9. The summed E-state index contributed by atoms with van der Waals surface area (Å²) in [7, 11) is 0. The highest BCUT2D eigenvalue weighted by molar-refractivity contribution is 5.78. The van der Waals surface area contributed by atoms with E-state index in [1.807, 2.05) is 43.3 Å². The molecule has 5 heteroatoms. The van der Waals surface area contributed by atoms with Crippen LogP contribution < -0.4 is 15.0 Å². The normalized spacial score (nSPS) is 15.9. The number of nitrogens with one attached hydrogen (secondary N) is 1. The van der Waals surface area contributed by atoms with Crippen LogP contribution in [0, 0.1) is 0 Å². The molecule has 3 rings (SSSR count). The fourth-order valence-corrected chi connectivity index (χ4v) is 3.57. The van der Waals surface area contributed by atoms with Crippen LogP contribution in [0.25, 0.3) is 0 Å². The average Bonchev–Trinajstić information content (AvgIpc) is 2.74. The van der Waals surface area contributed by atoms with Gasteiger partial charge in [-0.3, -0.25) is 9.69 Å². The summed E-state index contributed by atoms with van der Waals surface area (Å²) >= 11 is 0. The van der Waals surface area contributed by atoms with Crippen LogP contribution in [0.3, 0.4) is 0 Å². The summed E-state index contributed by atoms with van der Waals surface area (Å²) in [6.45, 7) is 9.50. The van der Waals surface area contributed by atoms with E-state index in [4.69, 9.17) is 4.74 Å². The summed E-state index contributed by atoms with van der Waals surface area (Å²) in [6.07, 6.45) is 0. The number of piperazine rings is 1. The molecule has 1 aliphatic rings. The van der Waals surface area contributed by atoms with Crippen molar-refractivity contribution in [2.24, 2.45) is 0 Å². The van der Waals surface area contributed by atoms with Crippen LogP contribution in [0.5, 0.6) is 5.75 Å². The summed E-state index contributed by atoms with van der Waals surface area (Å²) in [6, 6.07) is 18.5. The van der Waals surface area contributed by atoms with E-state index in [2.05, 4.69) is 40.2 Å². The third-order valence-corrected chi connectivity index (χ3v) is 5.22. The lowest BCUT2D eigenvalue weighted by atomic mass is 10.0. The van der Waals surface area contributed by atoms with Gasteiger partial charge in [-0.15, -0.1) is 0 Å². The number of carbonyl (C=O) groups excluding carboxylic acids is 1. The zero-order valence-corrected chi connectivity index (χ0v) is 16.9. The lowest BCUT2D eigenvalue weighted by molar-refractivity contribution is -0.122. The standard InChI is InChI=1S/C23H31N3O2/c1-3-28-22-12-8-7-11-21(22)26-15-13-25(14-16-26)18-23(27)24-17-19(2)20-9-5-4-6-10-20/h4-12,19H,3,13-18H2,1-2H3,(H,24,27)/t19-/m1/s1. The van der Waals surface area contributed by atoms with Crippen LogP contribution in [0.4, 0.5) is 5.69 Å². The molecule has 1 atom stereocenters.